The molecule has 1 aromatic rings. The molecule has 0 spiro atoms. The molecule has 4 aliphatic carbocycles. The number of aryl methyl sites for hydroxylation is 1. The van der Waals surface area contributed by atoms with Crippen LogP contribution >= 0.6 is 0 Å². The Kier molecular flexibility index (Phi) is 2.99. The van der Waals surface area contributed by atoms with Crippen LogP contribution in [0.15, 0.2) is 18.2 Å². The number of hydrogen-bond donors (Lipinski definition) is 0. The Morgan fingerprint density at radius 2 is 1.71 bits per heavy atom. The van der Waals surface area contributed by atoms with Gasteiger partial charge in [0.2, 0.25) is 0 Å². The molecule has 0 radical (unpaired) electrons. The van der Waals surface area contributed by atoms with Crippen molar-refractivity contribution in [3.05, 3.63) is 35.1 Å². The van der Waals surface area contributed by atoms with Crippen LogP contribution in [0.4, 0.5) is 4.39 Å². The number of benzene rings is 1. The summed E-state index contributed by atoms with van der Waals surface area (Å²) in [5, 5.41) is 0. The van der Waals surface area contributed by atoms with Gasteiger partial charge in [-0.3, -0.25) is 4.79 Å². The standard InChI is InChI=1S/C19H23FO/c1-12-2-3-17(20)7-16(12)8-18(21)19-9-13-4-14(10-19)6-15(5-13)11-19/h2-3,7,13-15H,4-6,8-11H2,1H3. The lowest BCUT2D eigenvalue weighted by Crippen LogP contribution is -2.50. The molecule has 0 atom stereocenters. The highest BCUT2D eigenvalue weighted by Crippen LogP contribution is 2.60. The number of carbonyl (C=O) groups excluding carboxylic acids is 1. The Balaban J connectivity index is 1.59. The highest BCUT2D eigenvalue weighted by molar-refractivity contribution is 5.87. The number of ketones is 1. The molecule has 112 valence electrons. The smallest absolute Gasteiger partial charge is 0.143 e. The van der Waals surface area contributed by atoms with Crippen LogP contribution < -0.4 is 0 Å². The van der Waals surface area contributed by atoms with E-state index >= 15 is 0 Å². The molecular formula is C19H23FO. The van der Waals surface area contributed by atoms with Crippen LogP contribution in [0.2, 0.25) is 0 Å². The lowest BCUT2D eigenvalue weighted by Gasteiger charge is -2.56. The van der Waals surface area contributed by atoms with Gasteiger partial charge in [-0.2, -0.15) is 0 Å². The van der Waals surface area contributed by atoms with Crippen molar-refractivity contribution in [2.24, 2.45) is 23.2 Å². The first-order valence-electron chi connectivity index (χ1n) is 8.32. The molecule has 0 amide bonds. The summed E-state index contributed by atoms with van der Waals surface area (Å²) >= 11 is 0. The van der Waals surface area contributed by atoms with E-state index in [9.17, 15) is 9.18 Å². The number of Topliss-reactive ketones (excluding diaryl/α,β-unsaturated/α-hetero) is 1. The molecule has 0 heterocycles. The maximum absolute atomic E-state index is 13.4. The Morgan fingerprint density at radius 1 is 1.14 bits per heavy atom. The molecule has 4 saturated carbocycles. The SMILES string of the molecule is Cc1ccc(F)cc1CC(=O)C12CC3CC(CC(C3)C1)C2. The maximum Gasteiger partial charge on any atom is 0.143 e. The van der Waals surface area contributed by atoms with Gasteiger partial charge in [0.1, 0.15) is 11.6 Å². The summed E-state index contributed by atoms with van der Waals surface area (Å²) in [6.45, 7) is 1.97. The van der Waals surface area contributed by atoms with Gasteiger partial charge < -0.3 is 0 Å². The minimum atomic E-state index is -0.228. The Bertz CT molecular complexity index is 554. The van der Waals surface area contributed by atoms with Crippen molar-refractivity contribution >= 4 is 5.78 Å². The summed E-state index contributed by atoms with van der Waals surface area (Å²) < 4.78 is 13.4. The average molecular weight is 286 g/mol. The van der Waals surface area contributed by atoms with Gasteiger partial charge in [-0.25, -0.2) is 4.39 Å². The van der Waals surface area contributed by atoms with Crippen LogP contribution in [-0.4, -0.2) is 5.78 Å². The largest absolute Gasteiger partial charge is 0.299 e. The fraction of sp³-hybridized carbons (Fsp3) is 0.632. The monoisotopic (exact) mass is 286 g/mol. The van der Waals surface area contributed by atoms with Crippen LogP contribution in [0.1, 0.15) is 49.7 Å². The Hall–Kier alpha value is -1.18. The van der Waals surface area contributed by atoms with E-state index in [1.807, 2.05) is 6.92 Å². The van der Waals surface area contributed by atoms with Gasteiger partial charge in [0.25, 0.3) is 0 Å². The fourth-order valence-electron chi connectivity index (χ4n) is 5.64. The second-order valence-electron chi connectivity index (χ2n) is 7.87. The molecule has 0 saturated heterocycles. The minimum absolute atomic E-state index is 0.0620. The van der Waals surface area contributed by atoms with Gasteiger partial charge in [0, 0.05) is 11.8 Å². The first-order chi connectivity index (χ1) is 10.0. The van der Waals surface area contributed by atoms with E-state index in [0.29, 0.717) is 12.2 Å². The molecule has 0 N–H and O–H groups in total. The molecule has 1 nitrogen and oxygen atoms in total. The Labute approximate surface area is 125 Å². The molecule has 4 fully saturated rings. The number of halogens is 1. The van der Waals surface area contributed by atoms with Gasteiger partial charge in [-0.05, 0) is 86.5 Å². The molecule has 21 heavy (non-hydrogen) atoms. The van der Waals surface area contributed by atoms with Crippen molar-refractivity contribution in [2.75, 3.05) is 0 Å². The molecule has 0 unspecified atom stereocenters. The molecule has 2 heteroatoms. The zero-order valence-electron chi connectivity index (χ0n) is 12.7. The highest BCUT2D eigenvalue weighted by Gasteiger charge is 2.54. The first kappa shape index (κ1) is 13.5. The fourth-order valence-corrected chi connectivity index (χ4v) is 5.64. The normalized spacial score (nSPS) is 37.0. The van der Waals surface area contributed by atoms with Crippen LogP contribution in [0.25, 0.3) is 0 Å². The van der Waals surface area contributed by atoms with Crippen molar-refractivity contribution in [3.8, 4) is 0 Å². The molecular weight excluding hydrogens is 263 g/mol. The van der Waals surface area contributed by atoms with E-state index < -0.39 is 0 Å². The van der Waals surface area contributed by atoms with Crippen molar-refractivity contribution in [1.29, 1.82) is 0 Å². The van der Waals surface area contributed by atoms with Gasteiger partial charge >= 0.3 is 0 Å². The minimum Gasteiger partial charge on any atom is -0.299 e. The average Bonchev–Trinajstić information content (AvgIpc) is 2.41. The van der Waals surface area contributed by atoms with Gasteiger partial charge in [-0.1, -0.05) is 6.07 Å². The third-order valence-corrected chi connectivity index (χ3v) is 6.29. The number of carbonyl (C=O) groups is 1. The molecule has 0 aromatic heterocycles. The maximum atomic E-state index is 13.4. The number of rotatable bonds is 3. The van der Waals surface area contributed by atoms with Crippen LogP contribution in [0.5, 0.6) is 0 Å². The summed E-state index contributed by atoms with van der Waals surface area (Å²) in [5.74, 6) is 2.51. The van der Waals surface area contributed by atoms with E-state index in [1.165, 1.54) is 25.3 Å². The predicted molar refractivity (Wildman–Crippen MR) is 80.5 cm³/mol. The summed E-state index contributed by atoms with van der Waals surface area (Å²) in [4.78, 5) is 13.0. The van der Waals surface area contributed by atoms with E-state index in [2.05, 4.69) is 0 Å². The van der Waals surface area contributed by atoms with E-state index in [1.54, 1.807) is 12.1 Å². The van der Waals surface area contributed by atoms with Crippen LogP contribution in [0, 0.1) is 35.9 Å². The van der Waals surface area contributed by atoms with Gasteiger partial charge in [0.15, 0.2) is 0 Å². The predicted octanol–water partition coefficient (Wildman–Crippen LogP) is 4.46. The van der Waals surface area contributed by atoms with E-state index in [4.69, 9.17) is 0 Å². The third kappa shape index (κ3) is 2.23. The van der Waals surface area contributed by atoms with Crippen molar-refractivity contribution in [3.63, 3.8) is 0 Å². The highest BCUT2D eigenvalue weighted by atomic mass is 19.1. The van der Waals surface area contributed by atoms with Crippen molar-refractivity contribution < 1.29 is 9.18 Å². The number of hydrogen-bond acceptors (Lipinski definition) is 1. The van der Waals surface area contributed by atoms with Crippen molar-refractivity contribution in [2.45, 2.75) is 51.9 Å². The molecule has 1 aromatic carbocycles. The topological polar surface area (TPSA) is 17.1 Å². The zero-order valence-corrected chi connectivity index (χ0v) is 12.7. The third-order valence-electron chi connectivity index (χ3n) is 6.29. The second-order valence-corrected chi connectivity index (χ2v) is 7.87. The van der Waals surface area contributed by atoms with Crippen LogP contribution in [0.3, 0.4) is 0 Å². The van der Waals surface area contributed by atoms with Crippen LogP contribution in [-0.2, 0) is 11.2 Å². The first-order valence-corrected chi connectivity index (χ1v) is 8.32. The molecule has 4 aliphatic rings. The van der Waals surface area contributed by atoms with E-state index in [0.717, 1.165) is 48.1 Å². The van der Waals surface area contributed by atoms with E-state index in [-0.39, 0.29) is 11.2 Å². The lowest BCUT2D eigenvalue weighted by atomic mass is 9.48. The summed E-state index contributed by atoms with van der Waals surface area (Å²) in [7, 11) is 0. The summed E-state index contributed by atoms with van der Waals surface area (Å²) in [5.41, 5.74) is 1.86. The summed E-state index contributed by atoms with van der Waals surface area (Å²) in [6, 6.07) is 4.82. The quantitative estimate of drug-likeness (QED) is 0.801. The molecule has 4 bridgehead atoms. The van der Waals surface area contributed by atoms with Gasteiger partial charge in [-0.15, -0.1) is 0 Å². The van der Waals surface area contributed by atoms with Crippen molar-refractivity contribution in [1.82, 2.24) is 0 Å². The Morgan fingerprint density at radius 3 is 2.29 bits per heavy atom. The van der Waals surface area contributed by atoms with Gasteiger partial charge in [0.05, 0.1) is 0 Å². The zero-order chi connectivity index (χ0) is 14.6. The molecule has 5 rings (SSSR count). The lowest BCUT2D eigenvalue weighted by molar-refractivity contribution is -0.143. The summed E-state index contributed by atoms with van der Waals surface area (Å²) in [6.07, 6.45) is 7.79. The second kappa shape index (κ2) is 4.66. The molecule has 0 aliphatic heterocycles.